The Morgan fingerprint density at radius 1 is 1.06 bits per heavy atom. The number of nitrogens with one attached hydrogen (secondary N) is 1. The van der Waals surface area contributed by atoms with E-state index in [0.717, 1.165) is 9.13 Å². The predicted octanol–water partition coefficient (Wildman–Crippen LogP) is 4.96. The van der Waals surface area contributed by atoms with E-state index in [-0.39, 0.29) is 12.3 Å². The quantitative estimate of drug-likeness (QED) is 0.142. The van der Waals surface area contributed by atoms with Gasteiger partial charge in [-0.1, -0.05) is 0 Å². The van der Waals surface area contributed by atoms with E-state index in [9.17, 15) is 14.9 Å². The summed E-state index contributed by atoms with van der Waals surface area (Å²) in [6.45, 7) is 2.48. The summed E-state index contributed by atoms with van der Waals surface area (Å²) >= 11 is 2.13. The number of rotatable bonds is 11. The molecule has 0 aliphatic carbocycles. The van der Waals surface area contributed by atoms with E-state index in [2.05, 4.69) is 33.1 Å². The highest BCUT2D eigenvalue weighted by Crippen LogP contribution is 2.34. The summed E-state index contributed by atoms with van der Waals surface area (Å²) in [5, 5.41) is 14.9. The standard InChI is InChI=1S/C25H24IN3O7/c1-4-35-23-10-17(14-27-28-25(30)18-11-20(33-2)13-21(12-18)34-3)9-22(26)24(23)36-15-16-5-7-19(8-6-16)29(31)32/h5-14H,4,15H2,1-3H3,(H,28,30)/b27-14-. The molecule has 1 N–H and O–H groups in total. The molecule has 0 fully saturated rings. The molecular weight excluding hydrogens is 581 g/mol. The lowest BCUT2D eigenvalue weighted by atomic mass is 10.2. The molecule has 0 unspecified atom stereocenters. The van der Waals surface area contributed by atoms with Crippen LogP contribution >= 0.6 is 22.6 Å². The first kappa shape index (κ1) is 26.7. The summed E-state index contributed by atoms with van der Waals surface area (Å²) in [7, 11) is 3.01. The molecule has 3 aromatic carbocycles. The Bertz CT molecular complexity index is 1240. The largest absolute Gasteiger partial charge is 0.497 e. The van der Waals surface area contributed by atoms with Crippen LogP contribution in [0.25, 0.3) is 0 Å². The Balaban J connectivity index is 1.72. The normalized spacial score (nSPS) is 10.7. The molecule has 3 aromatic rings. The molecule has 0 aliphatic heterocycles. The molecule has 0 heterocycles. The van der Waals surface area contributed by atoms with Crippen molar-refractivity contribution >= 4 is 40.4 Å². The lowest BCUT2D eigenvalue weighted by Crippen LogP contribution is -2.17. The van der Waals surface area contributed by atoms with Gasteiger partial charge in [0, 0.05) is 23.8 Å². The zero-order valence-electron chi connectivity index (χ0n) is 19.8. The van der Waals surface area contributed by atoms with Gasteiger partial charge in [-0.2, -0.15) is 5.10 Å². The van der Waals surface area contributed by atoms with Crippen LogP contribution in [0, 0.1) is 13.7 Å². The Kier molecular flexibility index (Phi) is 9.45. The fourth-order valence-electron chi connectivity index (χ4n) is 3.10. The Labute approximate surface area is 221 Å². The van der Waals surface area contributed by atoms with Crippen LogP contribution in [-0.2, 0) is 6.61 Å². The number of carbonyl (C=O) groups is 1. The molecule has 0 saturated heterocycles. The van der Waals surface area contributed by atoms with Crippen molar-refractivity contribution in [3.05, 3.63) is 85.0 Å². The van der Waals surface area contributed by atoms with Crippen molar-refractivity contribution in [3.63, 3.8) is 0 Å². The molecule has 0 aliphatic rings. The SMILES string of the molecule is CCOc1cc(/C=N\NC(=O)c2cc(OC)cc(OC)c2)cc(I)c1OCc1ccc([N+](=O)[O-])cc1. The highest BCUT2D eigenvalue weighted by molar-refractivity contribution is 14.1. The number of ether oxygens (including phenoxy) is 4. The zero-order valence-corrected chi connectivity index (χ0v) is 22.0. The number of halogens is 1. The van der Waals surface area contributed by atoms with E-state index in [1.165, 1.54) is 32.6 Å². The van der Waals surface area contributed by atoms with Gasteiger partial charge in [0.15, 0.2) is 11.5 Å². The summed E-state index contributed by atoms with van der Waals surface area (Å²) in [5.41, 5.74) is 4.31. The summed E-state index contributed by atoms with van der Waals surface area (Å²) in [4.78, 5) is 22.9. The topological polar surface area (TPSA) is 122 Å². The van der Waals surface area contributed by atoms with Gasteiger partial charge in [-0.3, -0.25) is 14.9 Å². The third-order valence-electron chi connectivity index (χ3n) is 4.86. The maximum absolute atomic E-state index is 12.5. The molecule has 0 atom stereocenters. The van der Waals surface area contributed by atoms with Gasteiger partial charge in [-0.25, -0.2) is 5.43 Å². The van der Waals surface area contributed by atoms with Gasteiger partial charge in [-0.15, -0.1) is 0 Å². The number of methoxy groups -OCH3 is 2. The van der Waals surface area contributed by atoms with E-state index >= 15 is 0 Å². The predicted molar refractivity (Wildman–Crippen MR) is 142 cm³/mol. The van der Waals surface area contributed by atoms with Gasteiger partial charge in [0.2, 0.25) is 0 Å². The first-order valence-corrected chi connectivity index (χ1v) is 11.8. The molecule has 1 amide bonds. The maximum atomic E-state index is 12.5. The second kappa shape index (κ2) is 12.7. The number of nitrogens with zero attached hydrogens (tertiary/aromatic N) is 2. The van der Waals surface area contributed by atoms with Crippen LogP contribution in [0.3, 0.4) is 0 Å². The minimum Gasteiger partial charge on any atom is -0.497 e. The van der Waals surface area contributed by atoms with Crippen molar-refractivity contribution in [2.24, 2.45) is 5.10 Å². The third kappa shape index (κ3) is 7.07. The van der Waals surface area contributed by atoms with Gasteiger partial charge >= 0.3 is 0 Å². The van der Waals surface area contributed by atoms with Crippen LogP contribution in [0.4, 0.5) is 5.69 Å². The van der Waals surface area contributed by atoms with E-state index in [1.807, 2.05) is 13.0 Å². The molecule has 0 saturated carbocycles. The summed E-state index contributed by atoms with van der Waals surface area (Å²) in [6, 6.07) is 14.6. The van der Waals surface area contributed by atoms with Crippen LogP contribution in [0.2, 0.25) is 0 Å². The van der Waals surface area contributed by atoms with Crippen LogP contribution < -0.4 is 24.4 Å². The first-order valence-electron chi connectivity index (χ1n) is 10.7. The van der Waals surface area contributed by atoms with E-state index < -0.39 is 10.8 Å². The Hall–Kier alpha value is -3.87. The Morgan fingerprint density at radius 3 is 2.31 bits per heavy atom. The van der Waals surface area contributed by atoms with Crippen molar-refractivity contribution in [1.82, 2.24) is 5.43 Å². The second-order valence-electron chi connectivity index (χ2n) is 7.28. The van der Waals surface area contributed by atoms with E-state index in [1.54, 1.807) is 36.4 Å². The molecule has 188 valence electrons. The van der Waals surface area contributed by atoms with Gasteiger partial charge in [0.05, 0.1) is 35.5 Å². The molecule has 0 spiro atoms. The number of hydrazone groups is 1. The lowest BCUT2D eigenvalue weighted by Gasteiger charge is -2.14. The minimum absolute atomic E-state index is 0.0182. The number of nitro benzene ring substituents is 1. The third-order valence-corrected chi connectivity index (χ3v) is 5.66. The number of hydrogen-bond donors (Lipinski definition) is 1. The van der Waals surface area contributed by atoms with Gasteiger partial charge in [-0.05, 0) is 77.0 Å². The van der Waals surface area contributed by atoms with E-state index in [4.69, 9.17) is 18.9 Å². The number of carbonyl (C=O) groups excluding carboxylic acids is 1. The van der Waals surface area contributed by atoms with Crippen LogP contribution in [-0.4, -0.2) is 37.9 Å². The number of hydrogen-bond acceptors (Lipinski definition) is 8. The van der Waals surface area contributed by atoms with Crippen molar-refractivity contribution in [2.75, 3.05) is 20.8 Å². The van der Waals surface area contributed by atoms with Crippen molar-refractivity contribution < 1.29 is 28.7 Å². The zero-order chi connectivity index (χ0) is 26.1. The lowest BCUT2D eigenvalue weighted by molar-refractivity contribution is -0.384. The molecule has 10 nitrogen and oxygen atoms in total. The van der Waals surface area contributed by atoms with Crippen LogP contribution in [0.15, 0.2) is 59.7 Å². The van der Waals surface area contributed by atoms with Crippen molar-refractivity contribution in [2.45, 2.75) is 13.5 Å². The Morgan fingerprint density at radius 2 is 1.72 bits per heavy atom. The average molecular weight is 605 g/mol. The van der Waals surface area contributed by atoms with Gasteiger partial charge < -0.3 is 18.9 Å². The fraction of sp³-hybridized carbons (Fsp3) is 0.200. The molecule has 0 aromatic heterocycles. The highest BCUT2D eigenvalue weighted by atomic mass is 127. The second-order valence-corrected chi connectivity index (χ2v) is 8.44. The van der Waals surface area contributed by atoms with Crippen LogP contribution in [0.1, 0.15) is 28.4 Å². The fourth-order valence-corrected chi connectivity index (χ4v) is 3.88. The van der Waals surface area contributed by atoms with Crippen LogP contribution in [0.5, 0.6) is 23.0 Å². The molecule has 0 bridgehead atoms. The molecule has 3 rings (SSSR count). The van der Waals surface area contributed by atoms with Gasteiger partial charge in [0.25, 0.3) is 11.6 Å². The molecular formula is C25H24IN3O7. The smallest absolute Gasteiger partial charge is 0.271 e. The maximum Gasteiger partial charge on any atom is 0.271 e. The summed E-state index contributed by atoms with van der Waals surface area (Å²) < 4.78 is 22.9. The number of nitro groups is 1. The number of non-ortho nitro benzene ring substituents is 1. The molecule has 36 heavy (non-hydrogen) atoms. The number of benzene rings is 3. The molecule has 11 heteroatoms. The molecule has 0 radical (unpaired) electrons. The van der Waals surface area contributed by atoms with Gasteiger partial charge in [0.1, 0.15) is 18.1 Å². The average Bonchev–Trinajstić information content (AvgIpc) is 2.88. The summed E-state index contributed by atoms with van der Waals surface area (Å²) in [6.07, 6.45) is 1.50. The van der Waals surface area contributed by atoms with E-state index in [0.29, 0.717) is 40.7 Å². The van der Waals surface area contributed by atoms with Crippen molar-refractivity contribution in [3.8, 4) is 23.0 Å². The highest BCUT2D eigenvalue weighted by Gasteiger charge is 2.13. The minimum atomic E-state index is -0.447. The monoisotopic (exact) mass is 605 g/mol. The van der Waals surface area contributed by atoms with Crippen molar-refractivity contribution in [1.29, 1.82) is 0 Å². The first-order chi connectivity index (χ1) is 17.3. The summed E-state index contributed by atoms with van der Waals surface area (Å²) in [5.74, 6) is 1.61. The number of amides is 1.